The highest BCUT2D eigenvalue weighted by Crippen LogP contribution is 2.17. The van der Waals surface area contributed by atoms with Crippen molar-refractivity contribution >= 4 is 5.97 Å². The zero-order valence-electron chi connectivity index (χ0n) is 10.3. The molecular weight excluding hydrogens is 188 g/mol. The normalized spacial score (nSPS) is 10.4. The summed E-state index contributed by atoms with van der Waals surface area (Å²) in [6.45, 7) is 10.2. The van der Waals surface area contributed by atoms with Crippen LogP contribution < -0.4 is 0 Å². The highest BCUT2D eigenvalue weighted by atomic mass is 16.5. The Hall–Kier alpha value is -0.790. The lowest BCUT2D eigenvalue weighted by atomic mass is 9.95. The first-order chi connectivity index (χ1) is 7.11. The van der Waals surface area contributed by atoms with E-state index in [1.165, 1.54) is 25.7 Å². The molecule has 0 heterocycles. The van der Waals surface area contributed by atoms with Gasteiger partial charge in [0.05, 0.1) is 6.61 Å². The fourth-order valence-electron chi connectivity index (χ4n) is 1.69. The zero-order valence-corrected chi connectivity index (χ0v) is 10.3. The molecule has 0 radical (unpaired) electrons. The van der Waals surface area contributed by atoms with Gasteiger partial charge in [0.1, 0.15) is 0 Å². The van der Waals surface area contributed by atoms with E-state index in [2.05, 4.69) is 20.4 Å². The maximum absolute atomic E-state index is 11.1. The summed E-state index contributed by atoms with van der Waals surface area (Å²) in [5.74, 6) is 0.444. The molecule has 0 aliphatic carbocycles. The van der Waals surface area contributed by atoms with Crippen LogP contribution >= 0.6 is 0 Å². The second kappa shape index (κ2) is 8.51. The summed E-state index contributed by atoms with van der Waals surface area (Å²) in [5, 5.41) is 0. The van der Waals surface area contributed by atoms with Crippen LogP contribution in [0.3, 0.4) is 0 Å². The molecule has 0 saturated heterocycles. The molecule has 0 rings (SSSR count). The van der Waals surface area contributed by atoms with Crippen molar-refractivity contribution in [2.75, 3.05) is 6.61 Å². The van der Waals surface area contributed by atoms with Gasteiger partial charge in [-0.1, -0.05) is 46.1 Å². The van der Waals surface area contributed by atoms with Crippen molar-refractivity contribution in [3.8, 4) is 0 Å². The van der Waals surface area contributed by atoms with Gasteiger partial charge in [-0.3, -0.25) is 0 Å². The summed E-state index contributed by atoms with van der Waals surface area (Å²) < 4.78 is 5.09. The van der Waals surface area contributed by atoms with Crippen LogP contribution in [0.5, 0.6) is 0 Å². The number of ether oxygens (including phenoxy) is 1. The van der Waals surface area contributed by atoms with Gasteiger partial charge in [0.2, 0.25) is 0 Å². The Balaban J connectivity index is 3.69. The van der Waals surface area contributed by atoms with E-state index in [-0.39, 0.29) is 5.97 Å². The van der Waals surface area contributed by atoms with E-state index in [1.54, 1.807) is 6.92 Å². The summed E-state index contributed by atoms with van der Waals surface area (Å²) in [5.41, 5.74) is 0.484. The molecule has 2 heteroatoms. The maximum Gasteiger partial charge on any atom is 0.333 e. The second-order valence-electron chi connectivity index (χ2n) is 4.15. The van der Waals surface area contributed by atoms with Gasteiger partial charge in [0.25, 0.3) is 0 Å². The van der Waals surface area contributed by atoms with E-state index >= 15 is 0 Å². The molecule has 0 aliphatic rings. The number of carbonyl (C=O) groups is 1. The minimum atomic E-state index is -0.262. The number of hydrogen-bond donors (Lipinski definition) is 0. The third kappa shape index (κ3) is 7.18. The largest absolute Gasteiger partial charge is 0.462 e. The van der Waals surface area contributed by atoms with E-state index in [0.717, 1.165) is 6.42 Å². The molecule has 0 unspecified atom stereocenters. The molecule has 0 saturated carbocycles. The molecule has 0 spiro atoms. The van der Waals surface area contributed by atoms with E-state index in [9.17, 15) is 4.79 Å². The lowest BCUT2D eigenvalue weighted by molar-refractivity contribution is -0.139. The first-order valence-electron chi connectivity index (χ1n) is 5.94. The first-order valence-corrected chi connectivity index (χ1v) is 5.94. The topological polar surface area (TPSA) is 26.3 Å². The van der Waals surface area contributed by atoms with Gasteiger partial charge < -0.3 is 4.74 Å². The lowest BCUT2D eigenvalue weighted by Gasteiger charge is -2.14. The van der Waals surface area contributed by atoms with Crippen molar-refractivity contribution in [1.82, 2.24) is 0 Å². The third-order valence-corrected chi connectivity index (χ3v) is 2.50. The van der Waals surface area contributed by atoms with Crippen LogP contribution in [-0.2, 0) is 9.53 Å². The van der Waals surface area contributed by atoms with Crippen molar-refractivity contribution in [2.24, 2.45) is 5.92 Å². The van der Waals surface area contributed by atoms with E-state index in [4.69, 9.17) is 4.74 Å². The molecule has 2 nitrogen and oxygen atoms in total. The van der Waals surface area contributed by atoms with E-state index in [0.29, 0.717) is 18.1 Å². The van der Waals surface area contributed by atoms with Crippen molar-refractivity contribution in [3.63, 3.8) is 0 Å². The lowest BCUT2D eigenvalue weighted by Crippen LogP contribution is -2.10. The molecule has 88 valence electrons. The molecule has 0 aromatic heterocycles. The molecular formula is C13H24O2. The van der Waals surface area contributed by atoms with Gasteiger partial charge >= 0.3 is 5.97 Å². The Kier molecular flexibility index (Phi) is 8.06. The van der Waals surface area contributed by atoms with Crippen LogP contribution in [0.2, 0.25) is 0 Å². The Labute approximate surface area is 93.7 Å². The second-order valence-corrected chi connectivity index (χ2v) is 4.15. The number of hydrogen-bond acceptors (Lipinski definition) is 2. The summed E-state index contributed by atoms with van der Waals surface area (Å²) in [7, 11) is 0. The number of rotatable bonds is 8. The minimum Gasteiger partial charge on any atom is -0.462 e. The molecule has 0 amide bonds. The quantitative estimate of drug-likeness (QED) is 0.453. The Morgan fingerprint density at radius 2 is 1.73 bits per heavy atom. The number of esters is 1. The van der Waals surface area contributed by atoms with Crippen LogP contribution in [-0.4, -0.2) is 12.6 Å². The van der Waals surface area contributed by atoms with Crippen LogP contribution in [0.1, 0.15) is 52.9 Å². The highest BCUT2D eigenvalue weighted by molar-refractivity contribution is 5.86. The maximum atomic E-state index is 11.1. The SMILES string of the molecule is C=C(C)C(=O)OCCC(CCC)CCC. The van der Waals surface area contributed by atoms with Crippen molar-refractivity contribution in [2.45, 2.75) is 52.9 Å². The minimum absolute atomic E-state index is 0.262. The molecule has 0 aliphatic heterocycles. The average Bonchev–Trinajstić information content (AvgIpc) is 2.18. The standard InChI is InChI=1S/C13H24O2/c1-5-7-12(8-6-2)9-10-15-13(14)11(3)4/h12H,3,5-10H2,1-2,4H3. The molecule has 0 atom stereocenters. The molecule has 0 aromatic carbocycles. The Bertz CT molecular complexity index is 191. The smallest absolute Gasteiger partial charge is 0.333 e. The fraction of sp³-hybridized carbons (Fsp3) is 0.769. The van der Waals surface area contributed by atoms with Crippen LogP contribution in [0.4, 0.5) is 0 Å². The van der Waals surface area contributed by atoms with Crippen LogP contribution in [0.25, 0.3) is 0 Å². The van der Waals surface area contributed by atoms with E-state index in [1.807, 2.05) is 0 Å². The zero-order chi connectivity index (χ0) is 11.7. The van der Waals surface area contributed by atoms with Gasteiger partial charge in [0, 0.05) is 5.57 Å². The summed E-state index contributed by atoms with van der Waals surface area (Å²) in [4.78, 5) is 11.1. The third-order valence-electron chi connectivity index (χ3n) is 2.50. The highest BCUT2D eigenvalue weighted by Gasteiger charge is 2.08. The van der Waals surface area contributed by atoms with Gasteiger partial charge in [-0.15, -0.1) is 0 Å². The summed E-state index contributed by atoms with van der Waals surface area (Å²) in [6.07, 6.45) is 5.87. The monoisotopic (exact) mass is 212 g/mol. The summed E-state index contributed by atoms with van der Waals surface area (Å²) in [6, 6.07) is 0. The first kappa shape index (κ1) is 14.2. The van der Waals surface area contributed by atoms with Gasteiger partial charge in [-0.2, -0.15) is 0 Å². The van der Waals surface area contributed by atoms with Crippen molar-refractivity contribution < 1.29 is 9.53 Å². The predicted molar refractivity (Wildman–Crippen MR) is 63.7 cm³/mol. The van der Waals surface area contributed by atoms with Crippen LogP contribution in [0, 0.1) is 5.92 Å². The average molecular weight is 212 g/mol. The molecule has 15 heavy (non-hydrogen) atoms. The fourth-order valence-corrected chi connectivity index (χ4v) is 1.69. The van der Waals surface area contributed by atoms with Crippen molar-refractivity contribution in [3.05, 3.63) is 12.2 Å². The van der Waals surface area contributed by atoms with Gasteiger partial charge in [0.15, 0.2) is 0 Å². The van der Waals surface area contributed by atoms with Crippen LogP contribution in [0.15, 0.2) is 12.2 Å². The Morgan fingerprint density at radius 1 is 1.20 bits per heavy atom. The molecule has 0 bridgehead atoms. The summed E-state index contributed by atoms with van der Waals surface area (Å²) >= 11 is 0. The van der Waals surface area contributed by atoms with Gasteiger partial charge in [-0.05, 0) is 19.3 Å². The molecule has 0 aromatic rings. The molecule has 0 N–H and O–H groups in total. The Morgan fingerprint density at radius 3 is 2.13 bits per heavy atom. The molecule has 0 fully saturated rings. The van der Waals surface area contributed by atoms with Gasteiger partial charge in [-0.25, -0.2) is 4.79 Å². The predicted octanol–water partition coefficient (Wildman–Crippen LogP) is 3.71. The van der Waals surface area contributed by atoms with E-state index < -0.39 is 0 Å². The number of carbonyl (C=O) groups excluding carboxylic acids is 1. The van der Waals surface area contributed by atoms with Crippen molar-refractivity contribution in [1.29, 1.82) is 0 Å².